The highest BCUT2D eigenvalue weighted by molar-refractivity contribution is 5.38. The van der Waals surface area contributed by atoms with Crippen molar-refractivity contribution in [3.63, 3.8) is 0 Å². The quantitative estimate of drug-likeness (QED) is 0.685. The third-order valence-electron chi connectivity index (χ3n) is 3.63. The molecule has 0 bridgehead atoms. The van der Waals surface area contributed by atoms with E-state index in [1.807, 2.05) is 29.0 Å². The number of hydrogen-bond acceptors (Lipinski definition) is 4. The fraction of sp³-hybridized carbons (Fsp3) is 0.526. The zero-order chi connectivity index (χ0) is 17.2. The third kappa shape index (κ3) is 6.24. The van der Waals surface area contributed by atoms with Gasteiger partial charge >= 0.3 is 0 Å². The van der Waals surface area contributed by atoms with E-state index in [9.17, 15) is 5.11 Å². The molecule has 0 aliphatic rings. The highest BCUT2D eigenvalue weighted by Gasteiger charge is 2.08. The van der Waals surface area contributed by atoms with Crippen LogP contribution in [0.25, 0.3) is 0 Å². The number of aliphatic hydroxyl groups excluding tert-OH is 1. The first-order chi connectivity index (χ1) is 11.7. The van der Waals surface area contributed by atoms with Crippen LogP contribution in [0, 0.1) is 0 Å². The summed E-state index contributed by atoms with van der Waals surface area (Å²) in [6.07, 6.45) is 8.30. The maximum absolute atomic E-state index is 10.2. The molecule has 0 spiro atoms. The predicted molar refractivity (Wildman–Crippen MR) is 94.6 cm³/mol. The molecule has 1 aromatic heterocycles. The van der Waals surface area contributed by atoms with Crippen molar-refractivity contribution >= 4 is 0 Å². The molecule has 0 radical (unpaired) electrons. The van der Waals surface area contributed by atoms with Crippen molar-refractivity contribution < 1.29 is 14.6 Å². The molecule has 5 nitrogen and oxygen atoms in total. The van der Waals surface area contributed by atoms with E-state index in [0.29, 0.717) is 26.2 Å². The Kier molecular flexibility index (Phi) is 7.62. The molecule has 1 unspecified atom stereocenters. The molecule has 0 saturated carbocycles. The summed E-state index contributed by atoms with van der Waals surface area (Å²) in [6, 6.07) is 6.02. The number of rotatable bonds is 11. The van der Waals surface area contributed by atoms with Gasteiger partial charge in [0.1, 0.15) is 11.5 Å². The number of ether oxygens (including phenoxy) is 2. The van der Waals surface area contributed by atoms with Crippen LogP contribution in [-0.2, 0) is 13.0 Å². The Morgan fingerprint density at radius 3 is 2.29 bits per heavy atom. The lowest BCUT2D eigenvalue weighted by Gasteiger charge is -2.14. The van der Waals surface area contributed by atoms with Crippen molar-refractivity contribution in [2.24, 2.45) is 0 Å². The highest BCUT2D eigenvalue weighted by Crippen LogP contribution is 2.24. The standard InChI is InChI=1S/C19H28N2O3/c1-3-9-23-18-11-16(12-19(13-18)24-10-4-2)5-6-17(22)14-21-8-7-20-15-21/h7-8,11-13,15,17,22H,3-6,9-10,14H2,1-2H3. The van der Waals surface area contributed by atoms with Gasteiger partial charge in [0.2, 0.25) is 0 Å². The zero-order valence-electron chi connectivity index (χ0n) is 14.6. The summed E-state index contributed by atoms with van der Waals surface area (Å²) < 4.78 is 13.4. The summed E-state index contributed by atoms with van der Waals surface area (Å²) in [4.78, 5) is 3.99. The summed E-state index contributed by atoms with van der Waals surface area (Å²) in [6.45, 7) is 6.13. The van der Waals surface area contributed by atoms with Gasteiger partial charge in [-0.25, -0.2) is 4.98 Å². The first-order valence-corrected chi connectivity index (χ1v) is 8.74. The molecule has 1 heterocycles. The van der Waals surface area contributed by atoms with Crippen molar-refractivity contribution in [3.05, 3.63) is 42.5 Å². The van der Waals surface area contributed by atoms with Crippen LogP contribution in [0.15, 0.2) is 36.9 Å². The fourth-order valence-corrected chi connectivity index (χ4v) is 2.44. The van der Waals surface area contributed by atoms with E-state index >= 15 is 0 Å². The van der Waals surface area contributed by atoms with E-state index in [1.54, 1.807) is 12.5 Å². The van der Waals surface area contributed by atoms with Crippen LogP contribution < -0.4 is 9.47 Å². The molecule has 0 saturated heterocycles. The molecule has 2 aromatic rings. The van der Waals surface area contributed by atoms with Crippen LogP contribution in [0.1, 0.15) is 38.7 Å². The molecule has 1 atom stereocenters. The van der Waals surface area contributed by atoms with E-state index in [2.05, 4.69) is 18.8 Å². The number of aryl methyl sites for hydroxylation is 1. The lowest BCUT2D eigenvalue weighted by Crippen LogP contribution is -2.15. The molecular formula is C19H28N2O3. The molecule has 0 aliphatic heterocycles. The van der Waals surface area contributed by atoms with Gasteiger partial charge in [-0.3, -0.25) is 0 Å². The first kappa shape index (κ1) is 18.3. The molecule has 1 N–H and O–H groups in total. The molecule has 2 rings (SSSR count). The van der Waals surface area contributed by atoms with Gasteiger partial charge < -0.3 is 19.1 Å². The van der Waals surface area contributed by atoms with Crippen molar-refractivity contribution in [1.29, 1.82) is 0 Å². The Balaban J connectivity index is 1.95. The SMILES string of the molecule is CCCOc1cc(CCC(O)Cn2ccnc2)cc(OCCC)c1. The molecule has 0 fully saturated rings. The summed E-state index contributed by atoms with van der Waals surface area (Å²) in [5, 5.41) is 10.2. The molecule has 132 valence electrons. The molecular weight excluding hydrogens is 304 g/mol. The minimum absolute atomic E-state index is 0.403. The van der Waals surface area contributed by atoms with Gasteiger partial charge in [0, 0.05) is 25.0 Å². The Morgan fingerprint density at radius 1 is 1.08 bits per heavy atom. The number of nitrogens with zero attached hydrogens (tertiary/aromatic N) is 2. The number of aromatic nitrogens is 2. The monoisotopic (exact) mass is 332 g/mol. The molecule has 0 amide bonds. The lowest BCUT2D eigenvalue weighted by molar-refractivity contribution is 0.144. The smallest absolute Gasteiger partial charge is 0.123 e. The second kappa shape index (κ2) is 9.98. The van der Waals surface area contributed by atoms with Crippen molar-refractivity contribution in [2.75, 3.05) is 13.2 Å². The predicted octanol–water partition coefficient (Wildman–Crippen LogP) is 3.45. The van der Waals surface area contributed by atoms with Gasteiger partial charge in [0.25, 0.3) is 0 Å². The second-order valence-corrected chi connectivity index (χ2v) is 5.96. The second-order valence-electron chi connectivity index (χ2n) is 5.96. The molecule has 0 aliphatic carbocycles. The van der Waals surface area contributed by atoms with Gasteiger partial charge in [0.05, 0.1) is 25.6 Å². The summed E-state index contributed by atoms with van der Waals surface area (Å²) in [5.74, 6) is 1.68. The number of hydrogen-bond donors (Lipinski definition) is 1. The number of benzene rings is 1. The summed E-state index contributed by atoms with van der Waals surface area (Å²) in [7, 11) is 0. The minimum Gasteiger partial charge on any atom is -0.493 e. The third-order valence-corrected chi connectivity index (χ3v) is 3.63. The van der Waals surface area contributed by atoms with E-state index < -0.39 is 6.10 Å². The summed E-state index contributed by atoms with van der Waals surface area (Å²) >= 11 is 0. The van der Waals surface area contributed by atoms with E-state index in [4.69, 9.17) is 9.47 Å². The first-order valence-electron chi connectivity index (χ1n) is 8.74. The largest absolute Gasteiger partial charge is 0.493 e. The van der Waals surface area contributed by atoms with Gasteiger partial charge in [0.15, 0.2) is 0 Å². The normalized spacial score (nSPS) is 12.1. The van der Waals surface area contributed by atoms with Crippen molar-refractivity contribution in [2.45, 2.75) is 52.2 Å². The van der Waals surface area contributed by atoms with Gasteiger partial charge in [-0.2, -0.15) is 0 Å². The van der Waals surface area contributed by atoms with Crippen LogP contribution in [-0.4, -0.2) is 34.0 Å². The van der Waals surface area contributed by atoms with Crippen LogP contribution in [0.5, 0.6) is 11.5 Å². The average Bonchev–Trinajstić information content (AvgIpc) is 3.09. The van der Waals surface area contributed by atoms with E-state index in [1.165, 1.54) is 0 Å². The average molecular weight is 332 g/mol. The minimum atomic E-state index is -0.403. The lowest BCUT2D eigenvalue weighted by atomic mass is 10.1. The Labute approximate surface area is 144 Å². The molecule has 5 heteroatoms. The highest BCUT2D eigenvalue weighted by atomic mass is 16.5. The van der Waals surface area contributed by atoms with E-state index in [-0.39, 0.29) is 0 Å². The summed E-state index contributed by atoms with van der Waals surface area (Å²) in [5.41, 5.74) is 1.12. The van der Waals surface area contributed by atoms with Gasteiger partial charge in [-0.15, -0.1) is 0 Å². The topological polar surface area (TPSA) is 56.5 Å². The van der Waals surface area contributed by atoms with Gasteiger partial charge in [-0.05, 0) is 43.4 Å². The van der Waals surface area contributed by atoms with Crippen LogP contribution in [0.2, 0.25) is 0 Å². The fourth-order valence-electron chi connectivity index (χ4n) is 2.44. The molecule has 1 aromatic carbocycles. The number of imidazole rings is 1. The van der Waals surface area contributed by atoms with Crippen molar-refractivity contribution in [1.82, 2.24) is 9.55 Å². The maximum Gasteiger partial charge on any atom is 0.123 e. The van der Waals surface area contributed by atoms with Crippen LogP contribution in [0.4, 0.5) is 0 Å². The van der Waals surface area contributed by atoms with Gasteiger partial charge in [-0.1, -0.05) is 13.8 Å². The Morgan fingerprint density at radius 2 is 1.75 bits per heavy atom. The van der Waals surface area contributed by atoms with E-state index in [0.717, 1.165) is 36.3 Å². The maximum atomic E-state index is 10.2. The van der Waals surface area contributed by atoms with Crippen LogP contribution >= 0.6 is 0 Å². The zero-order valence-corrected chi connectivity index (χ0v) is 14.6. The van der Waals surface area contributed by atoms with Crippen molar-refractivity contribution in [3.8, 4) is 11.5 Å². The number of aliphatic hydroxyl groups is 1. The Bertz CT molecular complexity index is 558. The van der Waals surface area contributed by atoms with Crippen LogP contribution in [0.3, 0.4) is 0 Å². The molecule has 24 heavy (non-hydrogen) atoms. The Hall–Kier alpha value is -2.01.